The molecule has 1 saturated heterocycles. The molecule has 198 valence electrons. The van der Waals surface area contributed by atoms with Crippen molar-refractivity contribution in [2.24, 2.45) is 7.05 Å². The molecular weight excluding hydrogens is 492 g/mol. The molecule has 5 heterocycles. The van der Waals surface area contributed by atoms with E-state index in [1.165, 1.54) is 0 Å². The maximum absolute atomic E-state index is 11.7. The molecule has 6 rings (SSSR count). The van der Waals surface area contributed by atoms with Gasteiger partial charge in [0.15, 0.2) is 0 Å². The van der Waals surface area contributed by atoms with E-state index in [0.29, 0.717) is 19.6 Å². The van der Waals surface area contributed by atoms with Crippen LogP contribution in [0.25, 0.3) is 28.2 Å². The molecule has 0 aliphatic carbocycles. The monoisotopic (exact) mass is 522 g/mol. The van der Waals surface area contributed by atoms with E-state index in [1.54, 1.807) is 17.2 Å². The van der Waals surface area contributed by atoms with Gasteiger partial charge in [-0.1, -0.05) is 24.3 Å². The molecule has 10 heteroatoms. The standard InChI is InChI=1S/C29H30N8O2/c1-35-19-23(17-34-35)22-7-5-21(6-8-22)16-30-27-15-25(32-20-33-27)26-18-31-28-14-24(9-12-37(26)28)39-13-3-11-36-10-2-4-29(36)38/h5-9,12,14-15,17-20H,2-4,10-11,13,16H2,1H3,(H,30,32,33). The molecule has 39 heavy (non-hydrogen) atoms. The maximum atomic E-state index is 11.7. The molecule has 1 N–H and O–H groups in total. The Labute approximate surface area is 226 Å². The molecule has 1 aromatic carbocycles. The number of aromatic nitrogens is 6. The highest BCUT2D eigenvalue weighted by Gasteiger charge is 2.19. The minimum atomic E-state index is 0.250. The summed E-state index contributed by atoms with van der Waals surface area (Å²) in [4.78, 5) is 27.1. The van der Waals surface area contributed by atoms with E-state index in [4.69, 9.17) is 4.74 Å². The van der Waals surface area contributed by atoms with Crippen molar-refractivity contribution >= 4 is 17.4 Å². The fraction of sp³-hybridized carbons (Fsp3) is 0.276. The van der Waals surface area contributed by atoms with Crippen LogP contribution in [0.15, 0.2) is 73.6 Å². The molecule has 4 aromatic heterocycles. The molecule has 1 amide bonds. The van der Waals surface area contributed by atoms with Gasteiger partial charge in [0.05, 0.1) is 30.4 Å². The number of hydrogen-bond donors (Lipinski definition) is 1. The number of aryl methyl sites for hydroxylation is 1. The van der Waals surface area contributed by atoms with Crippen molar-refractivity contribution in [3.63, 3.8) is 0 Å². The largest absolute Gasteiger partial charge is 0.493 e. The molecule has 1 fully saturated rings. The zero-order chi connectivity index (χ0) is 26.6. The van der Waals surface area contributed by atoms with E-state index in [1.807, 2.05) is 53.1 Å². The Morgan fingerprint density at radius 3 is 2.72 bits per heavy atom. The first-order chi connectivity index (χ1) is 19.1. The summed E-state index contributed by atoms with van der Waals surface area (Å²) in [5, 5.41) is 7.63. The second-order valence-corrected chi connectivity index (χ2v) is 9.66. The number of nitrogens with zero attached hydrogens (tertiary/aromatic N) is 7. The second kappa shape index (κ2) is 10.9. The molecule has 10 nitrogen and oxygen atoms in total. The highest BCUT2D eigenvalue weighted by molar-refractivity contribution is 5.78. The van der Waals surface area contributed by atoms with E-state index in [9.17, 15) is 4.79 Å². The van der Waals surface area contributed by atoms with Gasteiger partial charge in [-0.15, -0.1) is 0 Å². The van der Waals surface area contributed by atoms with Crippen LogP contribution in [-0.2, 0) is 18.4 Å². The number of anilines is 1. The number of amides is 1. The predicted octanol–water partition coefficient (Wildman–Crippen LogP) is 4.20. The lowest BCUT2D eigenvalue weighted by molar-refractivity contribution is -0.127. The lowest BCUT2D eigenvalue weighted by atomic mass is 10.1. The first-order valence-corrected chi connectivity index (χ1v) is 13.1. The summed E-state index contributed by atoms with van der Waals surface area (Å²) in [5.74, 6) is 1.74. The van der Waals surface area contributed by atoms with Crippen molar-refractivity contribution in [3.05, 3.63) is 79.1 Å². The smallest absolute Gasteiger partial charge is 0.222 e. The summed E-state index contributed by atoms with van der Waals surface area (Å²) >= 11 is 0. The van der Waals surface area contributed by atoms with E-state index in [2.05, 4.69) is 49.6 Å². The fourth-order valence-corrected chi connectivity index (χ4v) is 4.80. The number of benzene rings is 1. The Morgan fingerprint density at radius 2 is 1.92 bits per heavy atom. The quantitative estimate of drug-likeness (QED) is 0.274. The second-order valence-electron chi connectivity index (χ2n) is 9.66. The zero-order valence-electron chi connectivity index (χ0n) is 21.8. The first-order valence-electron chi connectivity index (χ1n) is 13.1. The molecule has 1 aliphatic heterocycles. The molecule has 1 aliphatic rings. The van der Waals surface area contributed by atoms with E-state index < -0.39 is 0 Å². The molecule has 0 radical (unpaired) electrons. The molecule has 0 bridgehead atoms. The number of likely N-dealkylation sites (tertiary alicyclic amines) is 1. The number of pyridine rings is 1. The summed E-state index contributed by atoms with van der Waals surface area (Å²) in [6, 6.07) is 14.2. The number of imidazole rings is 1. The maximum Gasteiger partial charge on any atom is 0.222 e. The van der Waals surface area contributed by atoms with Crippen molar-refractivity contribution < 1.29 is 9.53 Å². The Morgan fingerprint density at radius 1 is 1.03 bits per heavy atom. The van der Waals surface area contributed by atoms with Gasteiger partial charge in [0.1, 0.15) is 23.5 Å². The van der Waals surface area contributed by atoms with Crippen molar-refractivity contribution in [1.29, 1.82) is 0 Å². The number of carbonyl (C=O) groups excluding carboxylic acids is 1. The molecule has 0 unspecified atom stereocenters. The predicted molar refractivity (Wildman–Crippen MR) is 148 cm³/mol. The van der Waals surface area contributed by atoms with E-state index in [-0.39, 0.29) is 5.91 Å². The SMILES string of the molecule is Cn1cc(-c2ccc(CNc3cc(-c4cnc5cc(OCCCN6CCCC6=O)ccn45)ncn3)cc2)cn1. The number of rotatable bonds is 10. The van der Waals surface area contributed by atoms with Gasteiger partial charge in [-0.3, -0.25) is 13.9 Å². The summed E-state index contributed by atoms with van der Waals surface area (Å²) < 4.78 is 9.71. The Kier molecular flexibility index (Phi) is 6.90. The number of ether oxygens (including phenoxy) is 1. The fourth-order valence-electron chi connectivity index (χ4n) is 4.80. The van der Waals surface area contributed by atoms with Gasteiger partial charge in [0.2, 0.25) is 5.91 Å². The average Bonchev–Trinajstić information content (AvgIpc) is 3.70. The van der Waals surface area contributed by atoms with Gasteiger partial charge in [0, 0.05) is 63.2 Å². The van der Waals surface area contributed by atoms with Crippen LogP contribution >= 0.6 is 0 Å². The topological polar surface area (TPSA) is 102 Å². The molecule has 0 spiro atoms. The number of fused-ring (bicyclic) bond motifs is 1. The summed E-state index contributed by atoms with van der Waals surface area (Å²) in [7, 11) is 1.92. The Hall–Kier alpha value is -4.73. The van der Waals surface area contributed by atoms with E-state index in [0.717, 1.165) is 71.2 Å². The van der Waals surface area contributed by atoms with Crippen LogP contribution in [0, 0.1) is 0 Å². The van der Waals surface area contributed by atoms with Crippen LogP contribution in [0.2, 0.25) is 0 Å². The number of carbonyl (C=O) groups is 1. The van der Waals surface area contributed by atoms with Crippen LogP contribution in [0.3, 0.4) is 0 Å². The van der Waals surface area contributed by atoms with Crippen LogP contribution in [-0.4, -0.2) is 59.6 Å². The molecule has 5 aromatic rings. The third kappa shape index (κ3) is 5.59. The van der Waals surface area contributed by atoms with E-state index >= 15 is 0 Å². The zero-order valence-corrected chi connectivity index (χ0v) is 21.8. The van der Waals surface area contributed by atoms with Gasteiger partial charge in [-0.2, -0.15) is 5.10 Å². The van der Waals surface area contributed by atoms with Crippen LogP contribution in [0.5, 0.6) is 5.75 Å². The minimum absolute atomic E-state index is 0.250. The lowest BCUT2D eigenvalue weighted by Gasteiger charge is -2.15. The Balaban J connectivity index is 1.07. The van der Waals surface area contributed by atoms with Crippen LogP contribution in [0.4, 0.5) is 5.82 Å². The summed E-state index contributed by atoms with van der Waals surface area (Å²) in [6.07, 6.45) is 11.6. The van der Waals surface area contributed by atoms with Crippen molar-refractivity contribution in [3.8, 4) is 28.3 Å². The van der Waals surface area contributed by atoms with Gasteiger partial charge in [-0.25, -0.2) is 15.0 Å². The third-order valence-electron chi connectivity index (χ3n) is 6.89. The third-order valence-corrected chi connectivity index (χ3v) is 6.89. The Bertz CT molecular complexity index is 1590. The van der Waals surface area contributed by atoms with Gasteiger partial charge < -0.3 is 15.0 Å². The normalized spacial score (nSPS) is 13.4. The first kappa shape index (κ1) is 24.6. The molecule has 0 saturated carbocycles. The average molecular weight is 523 g/mol. The number of hydrogen-bond acceptors (Lipinski definition) is 7. The van der Waals surface area contributed by atoms with Gasteiger partial charge >= 0.3 is 0 Å². The summed E-state index contributed by atoms with van der Waals surface area (Å²) in [6.45, 7) is 2.81. The molecule has 0 atom stereocenters. The number of nitrogens with one attached hydrogen (secondary N) is 1. The van der Waals surface area contributed by atoms with Crippen molar-refractivity contribution in [2.75, 3.05) is 25.0 Å². The van der Waals surface area contributed by atoms with Gasteiger partial charge in [0.25, 0.3) is 0 Å². The molecular formula is C29H30N8O2. The van der Waals surface area contributed by atoms with Crippen molar-refractivity contribution in [1.82, 2.24) is 34.0 Å². The van der Waals surface area contributed by atoms with Crippen LogP contribution < -0.4 is 10.1 Å². The minimum Gasteiger partial charge on any atom is -0.493 e. The van der Waals surface area contributed by atoms with Gasteiger partial charge in [-0.05, 0) is 30.0 Å². The highest BCUT2D eigenvalue weighted by atomic mass is 16.5. The summed E-state index contributed by atoms with van der Waals surface area (Å²) in [5.41, 5.74) is 5.80. The lowest BCUT2D eigenvalue weighted by Crippen LogP contribution is -2.26. The highest BCUT2D eigenvalue weighted by Crippen LogP contribution is 2.24. The van der Waals surface area contributed by atoms with Crippen molar-refractivity contribution in [2.45, 2.75) is 25.8 Å². The van der Waals surface area contributed by atoms with Crippen LogP contribution in [0.1, 0.15) is 24.8 Å².